The number of aromatic nitrogens is 2. The molecule has 5 aromatic rings. The lowest BCUT2D eigenvalue weighted by Crippen LogP contribution is -2.06. The lowest BCUT2D eigenvalue weighted by atomic mass is 10.1. The first-order valence-corrected chi connectivity index (χ1v) is 12.3. The maximum absolute atomic E-state index is 14.1. The van der Waals surface area contributed by atoms with Crippen LogP contribution in [0.25, 0.3) is 28.2 Å². The highest BCUT2D eigenvalue weighted by atomic mass is 32.2. The third-order valence-corrected chi connectivity index (χ3v) is 7.39. The van der Waals surface area contributed by atoms with E-state index in [9.17, 15) is 8.42 Å². The molecule has 5 rings (SSSR count). The first-order chi connectivity index (χ1) is 16.6. The van der Waals surface area contributed by atoms with Gasteiger partial charge in [0.1, 0.15) is 16.3 Å². The minimum Gasteiger partial charge on any atom is -0.497 e. The molecular formula is C28H22N2O3S. The van der Waals surface area contributed by atoms with Crippen LogP contribution in [0.4, 0.5) is 0 Å². The molecule has 4 aromatic carbocycles. The van der Waals surface area contributed by atoms with Crippen molar-refractivity contribution in [2.45, 2.75) is 9.79 Å². The molecule has 0 bridgehead atoms. The smallest absolute Gasteiger partial charge is 0.210 e. The van der Waals surface area contributed by atoms with Gasteiger partial charge in [0.25, 0.3) is 0 Å². The summed E-state index contributed by atoms with van der Waals surface area (Å²) in [5.41, 5.74) is 3.11. The lowest BCUT2D eigenvalue weighted by molar-refractivity contribution is 0.415. The predicted octanol–water partition coefficient (Wildman–Crippen LogP) is 6.05. The maximum atomic E-state index is 14.1. The van der Waals surface area contributed by atoms with Crippen molar-refractivity contribution in [3.8, 4) is 34.0 Å². The summed E-state index contributed by atoms with van der Waals surface area (Å²) in [5.74, 6) is 0.682. The van der Waals surface area contributed by atoms with Crippen LogP contribution in [0.1, 0.15) is 0 Å². The maximum Gasteiger partial charge on any atom is 0.210 e. The van der Waals surface area contributed by atoms with Crippen molar-refractivity contribution in [2.75, 3.05) is 7.11 Å². The second kappa shape index (κ2) is 9.00. The summed E-state index contributed by atoms with van der Waals surface area (Å²) < 4.78 is 35.2. The normalized spacial score (nSPS) is 11.3. The highest BCUT2D eigenvalue weighted by Gasteiger charge is 2.32. The van der Waals surface area contributed by atoms with E-state index in [1.54, 1.807) is 54.3 Å². The Morgan fingerprint density at radius 3 is 1.82 bits per heavy atom. The van der Waals surface area contributed by atoms with Gasteiger partial charge in [-0.05, 0) is 48.5 Å². The number of rotatable bonds is 6. The predicted molar refractivity (Wildman–Crippen MR) is 133 cm³/mol. The number of hydrogen-bond acceptors (Lipinski definition) is 4. The van der Waals surface area contributed by atoms with Crippen molar-refractivity contribution in [1.82, 2.24) is 9.78 Å². The molecule has 0 aliphatic rings. The van der Waals surface area contributed by atoms with Crippen LogP contribution in [-0.2, 0) is 9.84 Å². The second-order valence-electron chi connectivity index (χ2n) is 7.68. The SMILES string of the molecule is COc1ccc(-c2nn(-c3ccccc3)c(-c3ccccc3)c2S(=O)(=O)c2ccccc2)cc1. The molecule has 0 N–H and O–H groups in total. The number of nitrogens with zero attached hydrogens (tertiary/aromatic N) is 2. The molecule has 0 unspecified atom stereocenters. The van der Waals surface area contributed by atoms with Gasteiger partial charge in [0.2, 0.25) is 9.84 Å². The Morgan fingerprint density at radius 1 is 0.676 bits per heavy atom. The van der Waals surface area contributed by atoms with Crippen molar-refractivity contribution in [3.63, 3.8) is 0 Å². The summed E-state index contributed by atoms with van der Waals surface area (Å²) in [6, 6.07) is 34.8. The number of hydrogen-bond donors (Lipinski definition) is 0. The molecule has 0 aliphatic heterocycles. The van der Waals surface area contributed by atoms with Gasteiger partial charge in [-0.2, -0.15) is 5.10 Å². The summed E-state index contributed by atoms with van der Waals surface area (Å²) in [7, 11) is -2.32. The summed E-state index contributed by atoms with van der Waals surface area (Å²) in [5, 5.41) is 4.87. The summed E-state index contributed by atoms with van der Waals surface area (Å²) >= 11 is 0. The molecule has 0 atom stereocenters. The molecule has 0 saturated heterocycles. The standard InChI is InChI=1S/C28H22N2O3S/c1-33-24-19-17-21(18-20-24)26-28(34(31,32)25-15-9-4-10-16-25)27(22-11-5-2-6-12-22)30(29-26)23-13-7-3-8-14-23/h2-20H,1H3. The number of benzene rings is 4. The Hall–Kier alpha value is -4.16. The molecule has 0 amide bonds. The fraction of sp³-hybridized carbons (Fsp3) is 0.0357. The van der Waals surface area contributed by atoms with E-state index in [0.717, 1.165) is 11.3 Å². The molecule has 168 valence electrons. The molecule has 0 radical (unpaired) electrons. The molecule has 34 heavy (non-hydrogen) atoms. The highest BCUT2D eigenvalue weighted by molar-refractivity contribution is 7.91. The lowest BCUT2D eigenvalue weighted by Gasteiger charge is -2.11. The minimum absolute atomic E-state index is 0.166. The van der Waals surface area contributed by atoms with Gasteiger partial charge in [-0.25, -0.2) is 13.1 Å². The van der Waals surface area contributed by atoms with Crippen LogP contribution < -0.4 is 4.74 Å². The quantitative estimate of drug-likeness (QED) is 0.306. The van der Waals surface area contributed by atoms with Crippen molar-refractivity contribution in [1.29, 1.82) is 0 Å². The summed E-state index contributed by atoms with van der Waals surface area (Å²) in [6.07, 6.45) is 0. The van der Waals surface area contributed by atoms with E-state index < -0.39 is 9.84 Å². The number of methoxy groups -OCH3 is 1. The van der Waals surface area contributed by atoms with E-state index in [-0.39, 0.29) is 9.79 Å². The molecule has 0 saturated carbocycles. The van der Waals surface area contributed by atoms with Gasteiger partial charge < -0.3 is 4.74 Å². The van der Waals surface area contributed by atoms with E-state index in [1.165, 1.54) is 0 Å². The Morgan fingerprint density at radius 2 is 1.24 bits per heavy atom. The number of ether oxygens (including phenoxy) is 1. The minimum atomic E-state index is -3.91. The second-order valence-corrected chi connectivity index (χ2v) is 9.57. The van der Waals surface area contributed by atoms with Crippen LogP contribution in [0.3, 0.4) is 0 Å². The van der Waals surface area contributed by atoms with Crippen molar-refractivity contribution in [2.24, 2.45) is 0 Å². The number of sulfone groups is 1. The monoisotopic (exact) mass is 466 g/mol. The van der Waals surface area contributed by atoms with Crippen LogP contribution in [-0.4, -0.2) is 25.3 Å². The zero-order valence-electron chi connectivity index (χ0n) is 18.5. The summed E-state index contributed by atoms with van der Waals surface area (Å²) in [4.78, 5) is 0.383. The van der Waals surface area contributed by atoms with Crippen LogP contribution in [0.2, 0.25) is 0 Å². The molecule has 0 fully saturated rings. The Kier molecular flexibility index (Phi) is 5.74. The molecule has 1 heterocycles. The van der Waals surface area contributed by atoms with Gasteiger partial charge in [0.05, 0.1) is 23.4 Å². The third kappa shape index (κ3) is 3.89. The van der Waals surface area contributed by atoms with Gasteiger partial charge in [0, 0.05) is 11.1 Å². The topological polar surface area (TPSA) is 61.2 Å². The largest absolute Gasteiger partial charge is 0.497 e. The van der Waals surface area contributed by atoms with E-state index >= 15 is 0 Å². The Bertz CT molecular complexity index is 1510. The zero-order valence-corrected chi connectivity index (χ0v) is 19.3. The molecule has 0 spiro atoms. The van der Waals surface area contributed by atoms with Gasteiger partial charge in [-0.15, -0.1) is 0 Å². The van der Waals surface area contributed by atoms with Crippen LogP contribution in [0.5, 0.6) is 5.75 Å². The average Bonchev–Trinajstić information content (AvgIpc) is 3.32. The molecule has 1 aromatic heterocycles. The van der Waals surface area contributed by atoms with Gasteiger partial charge in [-0.3, -0.25) is 0 Å². The fourth-order valence-corrected chi connectivity index (χ4v) is 5.54. The van der Waals surface area contributed by atoms with Gasteiger partial charge in [-0.1, -0.05) is 66.7 Å². The zero-order chi connectivity index (χ0) is 23.5. The Balaban J connectivity index is 1.89. The highest BCUT2D eigenvalue weighted by Crippen LogP contribution is 2.40. The van der Waals surface area contributed by atoms with Gasteiger partial charge in [0.15, 0.2) is 0 Å². The van der Waals surface area contributed by atoms with Crippen molar-refractivity contribution >= 4 is 9.84 Å². The molecular weight excluding hydrogens is 444 g/mol. The average molecular weight is 467 g/mol. The Labute approximate surface area is 198 Å². The van der Waals surface area contributed by atoms with Crippen LogP contribution in [0, 0.1) is 0 Å². The third-order valence-electron chi connectivity index (χ3n) is 5.58. The molecule has 6 heteroatoms. The van der Waals surface area contributed by atoms with E-state index in [2.05, 4.69) is 0 Å². The van der Waals surface area contributed by atoms with Gasteiger partial charge >= 0.3 is 0 Å². The molecule has 5 nitrogen and oxygen atoms in total. The fourth-order valence-electron chi connectivity index (χ4n) is 3.92. The molecule has 0 aliphatic carbocycles. The first kappa shape index (κ1) is 21.7. The first-order valence-electron chi connectivity index (χ1n) is 10.8. The van der Waals surface area contributed by atoms with Crippen LogP contribution >= 0.6 is 0 Å². The van der Waals surface area contributed by atoms with E-state index in [4.69, 9.17) is 9.84 Å². The van der Waals surface area contributed by atoms with Crippen molar-refractivity contribution < 1.29 is 13.2 Å². The summed E-state index contributed by atoms with van der Waals surface area (Å²) in [6.45, 7) is 0. The number of para-hydroxylation sites is 1. The van der Waals surface area contributed by atoms with Crippen molar-refractivity contribution in [3.05, 3.63) is 115 Å². The van der Waals surface area contributed by atoms with Crippen LogP contribution in [0.15, 0.2) is 125 Å². The van der Waals surface area contributed by atoms with E-state index in [0.29, 0.717) is 22.7 Å². The van der Waals surface area contributed by atoms with E-state index in [1.807, 2.05) is 72.8 Å².